The van der Waals surface area contributed by atoms with Crippen molar-refractivity contribution >= 4 is 39.3 Å². The zero-order chi connectivity index (χ0) is 33.3. The standard InChI is InChI=1S/C37H43N3O4S2/c1-6-29(4)38-37(42)35(24-30-10-8-7-9-11-30)39(25-31-16-12-27(2)13-17-31)36(41)26-40(32-18-14-28(3)15-19-32)46(43,44)34-22-20-33(45-5)21-23-34/h7-23,29,35H,6,24-26H2,1-5H3,(H,38,42)/t29-,35+/m0/s1. The highest BCUT2D eigenvalue weighted by Gasteiger charge is 2.35. The van der Waals surface area contributed by atoms with Crippen LogP contribution in [0.1, 0.15) is 42.5 Å². The van der Waals surface area contributed by atoms with Crippen LogP contribution in [0.15, 0.2) is 113 Å². The SMILES string of the molecule is CC[C@H](C)NC(=O)[C@@H](Cc1ccccc1)N(Cc1ccc(C)cc1)C(=O)CN(c1ccc(C)cc1)S(=O)(=O)c1ccc(SC)cc1. The van der Waals surface area contributed by atoms with Gasteiger partial charge in [-0.2, -0.15) is 0 Å². The monoisotopic (exact) mass is 657 g/mol. The van der Waals surface area contributed by atoms with Gasteiger partial charge < -0.3 is 10.2 Å². The summed E-state index contributed by atoms with van der Waals surface area (Å²) in [5.74, 6) is -0.762. The van der Waals surface area contributed by atoms with E-state index in [-0.39, 0.29) is 29.8 Å². The van der Waals surface area contributed by atoms with Gasteiger partial charge in [-0.3, -0.25) is 13.9 Å². The van der Waals surface area contributed by atoms with Crippen molar-refractivity contribution in [2.45, 2.75) is 69.0 Å². The summed E-state index contributed by atoms with van der Waals surface area (Å²) < 4.78 is 29.6. The van der Waals surface area contributed by atoms with Crippen molar-refractivity contribution in [2.75, 3.05) is 17.1 Å². The number of aryl methyl sites for hydroxylation is 2. The zero-order valence-electron chi connectivity index (χ0n) is 27.1. The minimum atomic E-state index is -4.15. The van der Waals surface area contributed by atoms with E-state index in [1.165, 1.54) is 16.7 Å². The second kappa shape index (κ2) is 16.0. The van der Waals surface area contributed by atoms with Crippen molar-refractivity contribution in [1.29, 1.82) is 0 Å². The van der Waals surface area contributed by atoms with Crippen molar-refractivity contribution in [3.8, 4) is 0 Å². The van der Waals surface area contributed by atoms with Crippen molar-refractivity contribution < 1.29 is 18.0 Å². The highest BCUT2D eigenvalue weighted by atomic mass is 32.2. The third kappa shape index (κ3) is 9.01. The Morgan fingerprint density at radius 2 is 1.39 bits per heavy atom. The maximum Gasteiger partial charge on any atom is 0.264 e. The Bertz CT molecular complexity index is 1690. The molecule has 242 valence electrons. The number of carbonyl (C=O) groups is 2. The summed E-state index contributed by atoms with van der Waals surface area (Å²) in [7, 11) is -4.15. The minimum Gasteiger partial charge on any atom is -0.352 e. The highest BCUT2D eigenvalue weighted by Crippen LogP contribution is 2.27. The Hall–Kier alpha value is -4.08. The lowest BCUT2D eigenvalue weighted by atomic mass is 10.0. The van der Waals surface area contributed by atoms with E-state index in [0.29, 0.717) is 5.69 Å². The summed E-state index contributed by atoms with van der Waals surface area (Å²) in [4.78, 5) is 31.1. The largest absolute Gasteiger partial charge is 0.352 e. The smallest absolute Gasteiger partial charge is 0.264 e. The molecule has 4 rings (SSSR count). The summed E-state index contributed by atoms with van der Waals surface area (Å²) >= 11 is 1.52. The van der Waals surface area contributed by atoms with Gasteiger partial charge in [-0.25, -0.2) is 8.42 Å². The first-order valence-electron chi connectivity index (χ1n) is 15.4. The van der Waals surface area contributed by atoms with Crippen LogP contribution >= 0.6 is 11.8 Å². The molecule has 0 radical (unpaired) electrons. The van der Waals surface area contributed by atoms with Crippen LogP contribution in [0, 0.1) is 13.8 Å². The van der Waals surface area contributed by atoms with Crippen LogP contribution in [-0.2, 0) is 32.6 Å². The van der Waals surface area contributed by atoms with E-state index < -0.39 is 28.5 Å². The lowest BCUT2D eigenvalue weighted by molar-refractivity contribution is -0.140. The Labute approximate surface area is 278 Å². The van der Waals surface area contributed by atoms with Gasteiger partial charge in [-0.1, -0.05) is 84.8 Å². The summed E-state index contributed by atoms with van der Waals surface area (Å²) in [6.07, 6.45) is 2.92. The molecule has 0 fully saturated rings. The molecule has 0 spiro atoms. The molecule has 0 saturated carbocycles. The molecule has 0 bridgehead atoms. The second-order valence-electron chi connectivity index (χ2n) is 11.6. The minimum absolute atomic E-state index is 0.0825. The van der Waals surface area contributed by atoms with Crippen LogP contribution in [0.5, 0.6) is 0 Å². The lowest BCUT2D eigenvalue weighted by Gasteiger charge is -2.34. The molecule has 0 aliphatic heterocycles. The van der Waals surface area contributed by atoms with Crippen LogP contribution in [0.3, 0.4) is 0 Å². The van der Waals surface area contributed by atoms with Gasteiger partial charge in [0.15, 0.2) is 0 Å². The summed E-state index contributed by atoms with van der Waals surface area (Å²) in [6.45, 7) is 7.47. The number of nitrogens with one attached hydrogen (secondary N) is 1. The predicted octanol–water partition coefficient (Wildman–Crippen LogP) is 6.78. The molecule has 2 amide bonds. The van der Waals surface area contributed by atoms with Crippen molar-refractivity contribution in [3.63, 3.8) is 0 Å². The fraction of sp³-hybridized carbons (Fsp3) is 0.297. The summed E-state index contributed by atoms with van der Waals surface area (Å²) in [5, 5.41) is 3.07. The number of carbonyl (C=O) groups excluding carboxylic acids is 2. The molecular formula is C37H43N3O4S2. The first kappa shape index (κ1) is 34.8. The van der Waals surface area contributed by atoms with Gasteiger partial charge >= 0.3 is 0 Å². The van der Waals surface area contributed by atoms with Crippen LogP contribution in [-0.4, -0.2) is 50.0 Å². The topological polar surface area (TPSA) is 86.8 Å². The van der Waals surface area contributed by atoms with Crippen LogP contribution in [0.4, 0.5) is 5.69 Å². The third-order valence-corrected chi connectivity index (χ3v) is 10.5. The van der Waals surface area contributed by atoms with E-state index in [1.807, 2.05) is 101 Å². The summed E-state index contributed by atoms with van der Waals surface area (Å²) in [6, 6.07) is 30.1. The molecule has 1 N–H and O–H groups in total. The summed E-state index contributed by atoms with van der Waals surface area (Å²) in [5.41, 5.74) is 4.13. The molecule has 46 heavy (non-hydrogen) atoms. The predicted molar refractivity (Wildman–Crippen MR) is 187 cm³/mol. The molecule has 0 saturated heterocycles. The first-order valence-corrected chi connectivity index (χ1v) is 18.1. The molecular weight excluding hydrogens is 615 g/mol. The van der Waals surface area contributed by atoms with E-state index in [9.17, 15) is 18.0 Å². The molecule has 0 heterocycles. The van der Waals surface area contributed by atoms with Gasteiger partial charge in [0, 0.05) is 23.9 Å². The highest BCUT2D eigenvalue weighted by molar-refractivity contribution is 7.98. The van der Waals surface area contributed by atoms with Gasteiger partial charge in [0.25, 0.3) is 10.0 Å². The molecule has 4 aromatic carbocycles. The van der Waals surface area contributed by atoms with Crippen molar-refractivity contribution in [3.05, 3.63) is 125 Å². The molecule has 0 unspecified atom stereocenters. The van der Waals surface area contributed by atoms with E-state index in [0.717, 1.165) is 37.9 Å². The fourth-order valence-corrected chi connectivity index (χ4v) is 6.82. The lowest BCUT2D eigenvalue weighted by Crippen LogP contribution is -2.54. The number of nitrogens with zero attached hydrogens (tertiary/aromatic N) is 2. The van der Waals surface area contributed by atoms with Gasteiger partial charge in [0.1, 0.15) is 12.6 Å². The normalized spacial score (nSPS) is 12.6. The van der Waals surface area contributed by atoms with Gasteiger partial charge in [0.05, 0.1) is 10.6 Å². The maximum absolute atomic E-state index is 14.6. The number of rotatable bonds is 14. The quantitative estimate of drug-likeness (QED) is 0.151. The van der Waals surface area contributed by atoms with Gasteiger partial charge in [0.2, 0.25) is 11.8 Å². The number of sulfonamides is 1. The number of anilines is 1. The Kier molecular flexibility index (Phi) is 12.1. The van der Waals surface area contributed by atoms with Crippen molar-refractivity contribution in [1.82, 2.24) is 10.2 Å². The maximum atomic E-state index is 14.6. The fourth-order valence-electron chi connectivity index (χ4n) is 5.00. The molecule has 7 nitrogen and oxygen atoms in total. The van der Waals surface area contributed by atoms with E-state index >= 15 is 0 Å². The van der Waals surface area contributed by atoms with E-state index in [1.54, 1.807) is 36.4 Å². The number of hydrogen-bond acceptors (Lipinski definition) is 5. The molecule has 0 aliphatic rings. The average molecular weight is 658 g/mol. The number of benzene rings is 4. The zero-order valence-corrected chi connectivity index (χ0v) is 28.8. The van der Waals surface area contributed by atoms with Crippen LogP contribution < -0.4 is 9.62 Å². The second-order valence-corrected chi connectivity index (χ2v) is 14.3. The number of thioether (sulfide) groups is 1. The number of hydrogen-bond donors (Lipinski definition) is 1. The van der Waals surface area contributed by atoms with E-state index in [2.05, 4.69) is 5.32 Å². The van der Waals surface area contributed by atoms with Crippen molar-refractivity contribution in [2.24, 2.45) is 0 Å². The Morgan fingerprint density at radius 1 is 0.804 bits per heavy atom. The van der Waals surface area contributed by atoms with E-state index in [4.69, 9.17) is 0 Å². The van der Waals surface area contributed by atoms with Crippen LogP contribution in [0.2, 0.25) is 0 Å². The Morgan fingerprint density at radius 3 is 1.96 bits per heavy atom. The molecule has 0 aromatic heterocycles. The average Bonchev–Trinajstić information content (AvgIpc) is 3.06. The Balaban J connectivity index is 1.80. The third-order valence-electron chi connectivity index (χ3n) is 7.99. The molecule has 4 aromatic rings. The molecule has 0 aliphatic carbocycles. The molecule has 9 heteroatoms. The van der Waals surface area contributed by atoms with Crippen LogP contribution in [0.25, 0.3) is 0 Å². The number of amides is 2. The molecule has 2 atom stereocenters. The first-order chi connectivity index (χ1) is 22.0. The van der Waals surface area contributed by atoms with Gasteiger partial charge in [-0.15, -0.1) is 11.8 Å². The van der Waals surface area contributed by atoms with Gasteiger partial charge in [-0.05, 0) is 81.0 Å².